The molecular weight excluding hydrogens is 416 g/mol. The van der Waals surface area contributed by atoms with Crippen molar-refractivity contribution < 1.29 is 19.4 Å². The highest BCUT2D eigenvalue weighted by molar-refractivity contribution is 6.32. The number of amides is 1. The smallest absolute Gasteiger partial charge is 0.281 e. The predicted octanol–water partition coefficient (Wildman–Crippen LogP) is 4.13. The Labute approximate surface area is 186 Å². The van der Waals surface area contributed by atoms with Gasteiger partial charge in [0.05, 0.1) is 25.0 Å². The standard InChI is InChI=1S/C24H23ClN2O4/c1-3-31-21-15-17(14-20(25)22(21)30-2)16-26-27-23(28)24(29,18-10-6-4-7-11-18)19-12-8-5-9-13-19/h4-16,29H,3H2,1-2H3,(H,27,28)/b26-16-. The molecule has 3 aromatic rings. The van der Waals surface area contributed by atoms with E-state index in [-0.39, 0.29) is 0 Å². The lowest BCUT2D eigenvalue weighted by atomic mass is 9.85. The summed E-state index contributed by atoms with van der Waals surface area (Å²) >= 11 is 6.25. The lowest BCUT2D eigenvalue weighted by molar-refractivity contribution is -0.136. The van der Waals surface area contributed by atoms with Gasteiger partial charge >= 0.3 is 0 Å². The van der Waals surface area contributed by atoms with E-state index in [1.54, 1.807) is 60.7 Å². The highest BCUT2D eigenvalue weighted by Crippen LogP contribution is 2.36. The maximum Gasteiger partial charge on any atom is 0.281 e. The number of carbonyl (C=O) groups is 1. The van der Waals surface area contributed by atoms with Gasteiger partial charge in [0.2, 0.25) is 0 Å². The first-order valence-corrected chi connectivity index (χ1v) is 10.1. The molecule has 2 N–H and O–H groups in total. The number of methoxy groups -OCH3 is 1. The van der Waals surface area contributed by atoms with Gasteiger partial charge in [0.1, 0.15) is 0 Å². The van der Waals surface area contributed by atoms with Crippen LogP contribution in [0.5, 0.6) is 11.5 Å². The van der Waals surface area contributed by atoms with Gasteiger partial charge in [-0.1, -0.05) is 72.3 Å². The third-order valence-electron chi connectivity index (χ3n) is 4.63. The van der Waals surface area contributed by atoms with Crippen molar-refractivity contribution in [2.24, 2.45) is 5.10 Å². The second-order valence-electron chi connectivity index (χ2n) is 6.61. The lowest BCUT2D eigenvalue weighted by Gasteiger charge is -2.27. The van der Waals surface area contributed by atoms with Crippen LogP contribution in [-0.2, 0) is 10.4 Å². The van der Waals surface area contributed by atoms with Crippen LogP contribution in [0.25, 0.3) is 0 Å². The van der Waals surface area contributed by atoms with Crippen molar-refractivity contribution in [3.05, 3.63) is 94.5 Å². The molecule has 0 atom stereocenters. The van der Waals surface area contributed by atoms with E-state index >= 15 is 0 Å². The first-order valence-electron chi connectivity index (χ1n) is 9.68. The number of ether oxygens (including phenoxy) is 2. The van der Waals surface area contributed by atoms with Crippen LogP contribution in [-0.4, -0.2) is 30.9 Å². The second kappa shape index (κ2) is 10.1. The summed E-state index contributed by atoms with van der Waals surface area (Å²) in [5.74, 6) is 0.202. The van der Waals surface area contributed by atoms with Gasteiger partial charge in [-0.15, -0.1) is 0 Å². The maximum atomic E-state index is 13.0. The summed E-state index contributed by atoms with van der Waals surface area (Å²) in [6.07, 6.45) is 1.42. The van der Waals surface area contributed by atoms with E-state index in [1.165, 1.54) is 13.3 Å². The Balaban J connectivity index is 1.88. The fourth-order valence-electron chi connectivity index (χ4n) is 3.16. The Bertz CT molecular complexity index is 1020. The summed E-state index contributed by atoms with van der Waals surface area (Å²) < 4.78 is 10.8. The van der Waals surface area contributed by atoms with E-state index in [4.69, 9.17) is 21.1 Å². The molecule has 3 rings (SSSR count). The summed E-state index contributed by atoms with van der Waals surface area (Å²) in [6.45, 7) is 2.29. The van der Waals surface area contributed by atoms with E-state index in [0.29, 0.717) is 39.8 Å². The van der Waals surface area contributed by atoms with Gasteiger partial charge in [-0.2, -0.15) is 5.10 Å². The van der Waals surface area contributed by atoms with Gasteiger partial charge in [-0.3, -0.25) is 4.79 Å². The summed E-state index contributed by atoms with van der Waals surface area (Å²) in [4.78, 5) is 13.0. The van der Waals surface area contributed by atoms with Crippen LogP contribution in [0.15, 0.2) is 77.9 Å². The minimum atomic E-state index is -1.91. The van der Waals surface area contributed by atoms with Gasteiger partial charge < -0.3 is 14.6 Å². The van der Waals surface area contributed by atoms with Crippen LogP contribution in [0.3, 0.4) is 0 Å². The molecule has 6 nitrogen and oxygen atoms in total. The molecule has 0 aliphatic rings. The van der Waals surface area contributed by atoms with Gasteiger partial charge in [-0.05, 0) is 35.7 Å². The molecule has 0 fully saturated rings. The van der Waals surface area contributed by atoms with E-state index in [0.717, 1.165) is 0 Å². The van der Waals surface area contributed by atoms with Crippen molar-refractivity contribution in [2.45, 2.75) is 12.5 Å². The quantitative estimate of drug-likeness (QED) is 0.409. The maximum absolute atomic E-state index is 13.0. The molecule has 0 unspecified atom stereocenters. The van der Waals surface area contributed by atoms with Crippen molar-refractivity contribution in [3.8, 4) is 11.5 Å². The molecule has 0 aliphatic carbocycles. The lowest BCUT2D eigenvalue weighted by Crippen LogP contribution is -2.43. The molecule has 31 heavy (non-hydrogen) atoms. The molecular formula is C24H23ClN2O4. The highest BCUT2D eigenvalue weighted by Gasteiger charge is 2.39. The van der Waals surface area contributed by atoms with Crippen molar-refractivity contribution >= 4 is 23.7 Å². The van der Waals surface area contributed by atoms with Crippen LogP contribution in [0.2, 0.25) is 5.02 Å². The van der Waals surface area contributed by atoms with Crippen molar-refractivity contribution in [2.75, 3.05) is 13.7 Å². The Hall–Kier alpha value is -3.35. The number of hydrogen-bond donors (Lipinski definition) is 2. The van der Waals surface area contributed by atoms with Crippen LogP contribution >= 0.6 is 11.6 Å². The number of aliphatic hydroxyl groups is 1. The highest BCUT2D eigenvalue weighted by atomic mass is 35.5. The number of benzene rings is 3. The van der Waals surface area contributed by atoms with E-state index in [2.05, 4.69) is 10.5 Å². The SMILES string of the molecule is CCOc1cc(/C=N\NC(=O)C(O)(c2ccccc2)c2ccccc2)cc(Cl)c1OC. The molecule has 0 spiro atoms. The minimum Gasteiger partial charge on any atom is -0.491 e. The van der Waals surface area contributed by atoms with E-state index in [9.17, 15) is 9.90 Å². The molecule has 0 heterocycles. The fourth-order valence-corrected chi connectivity index (χ4v) is 3.45. The predicted molar refractivity (Wildman–Crippen MR) is 121 cm³/mol. The zero-order valence-electron chi connectivity index (χ0n) is 17.2. The topological polar surface area (TPSA) is 80.2 Å². The second-order valence-corrected chi connectivity index (χ2v) is 7.02. The number of hydrazone groups is 1. The average molecular weight is 439 g/mol. The monoisotopic (exact) mass is 438 g/mol. The third-order valence-corrected chi connectivity index (χ3v) is 4.91. The Morgan fingerprint density at radius 1 is 1.10 bits per heavy atom. The Morgan fingerprint density at radius 3 is 2.19 bits per heavy atom. The largest absolute Gasteiger partial charge is 0.491 e. The number of nitrogens with one attached hydrogen (secondary N) is 1. The van der Waals surface area contributed by atoms with Gasteiger partial charge in [-0.25, -0.2) is 5.43 Å². The molecule has 1 amide bonds. The number of hydrogen-bond acceptors (Lipinski definition) is 5. The van der Waals surface area contributed by atoms with Crippen LogP contribution < -0.4 is 14.9 Å². The number of carbonyl (C=O) groups excluding carboxylic acids is 1. The van der Waals surface area contributed by atoms with Gasteiger partial charge in [0, 0.05) is 0 Å². The normalized spacial score (nSPS) is 11.4. The zero-order chi connectivity index (χ0) is 22.3. The molecule has 0 aliphatic heterocycles. The molecule has 160 valence electrons. The number of rotatable bonds is 8. The number of halogens is 1. The van der Waals surface area contributed by atoms with Crippen molar-refractivity contribution in [1.29, 1.82) is 0 Å². The molecule has 0 saturated carbocycles. The molecule has 0 radical (unpaired) electrons. The van der Waals surface area contributed by atoms with Gasteiger partial charge in [0.15, 0.2) is 17.1 Å². The Morgan fingerprint density at radius 2 is 1.68 bits per heavy atom. The summed E-state index contributed by atoms with van der Waals surface area (Å²) in [5.41, 5.74) is 1.98. The zero-order valence-corrected chi connectivity index (χ0v) is 18.0. The third kappa shape index (κ3) is 4.87. The summed E-state index contributed by atoms with van der Waals surface area (Å²) in [6, 6.07) is 20.8. The minimum absolute atomic E-state index is 0.353. The van der Waals surface area contributed by atoms with Crippen LogP contribution in [0, 0.1) is 0 Å². The van der Waals surface area contributed by atoms with E-state index in [1.807, 2.05) is 19.1 Å². The number of nitrogens with zero attached hydrogens (tertiary/aromatic N) is 1. The first kappa shape index (κ1) is 22.3. The molecule has 0 saturated heterocycles. The molecule has 7 heteroatoms. The molecule has 3 aromatic carbocycles. The van der Waals surface area contributed by atoms with Gasteiger partial charge in [0.25, 0.3) is 5.91 Å². The average Bonchev–Trinajstić information content (AvgIpc) is 2.80. The van der Waals surface area contributed by atoms with Crippen molar-refractivity contribution in [3.63, 3.8) is 0 Å². The van der Waals surface area contributed by atoms with E-state index < -0.39 is 11.5 Å². The van der Waals surface area contributed by atoms with Crippen LogP contribution in [0.4, 0.5) is 0 Å². The first-order chi connectivity index (χ1) is 15.0. The van der Waals surface area contributed by atoms with Crippen molar-refractivity contribution in [1.82, 2.24) is 5.43 Å². The molecule has 0 aromatic heterocycles. The fraction of sp³-hybridized carbons (Fsp3) is 0.167. The van der Waals surface area contributed by atoms with Crippen LogP contribution in [0.1, 0.15) is 23.6 Å². The molecule has 0 bridgehead atoms. The summed E-state index contributed by atoms with van der Waals surface area (Å²) in [7, 11) is 1.51. The summed E-state index contributed by atoms with van der Waals surface area (Å²) in [5, 5.41) is 15.8. The Kier molecular flexibility index (Phi) is 7.28.